The van der Waals surface area contributed by atoms with E-state index < -0.39 is 11.6 Å². The topological polar surface area (TPSA) is 4.36 Å². The van der Waals surface area contributed by atoms with Crippen molar-refractivity contribution in [1.29, 1.82) is 0 Å². The fourth-order valence-corrected chi connectivity index (χ4v) is 1.43. The van der Waals surface area contributed by atoms with Crippen LogP contribution in [-0.4, -0.2) is 6.04 Å². The second-order valence-electron chi connectivity index (χ2n) is 3.21. The number of nitrogens with zero attached hydrogens (tertiary/aromatic N) is 1. The molecule has 0 bridgehead atoms. The molecule has 2 unspecified atom stereocenters. The highest BCUT2D eigenvalue weighted by atomic mass is 19.2. The molecule has 0 radical (unpaired) electrons. The molecule has 1 aromatic rings. The molecule has 0 N–H and O–H groups in total. The Morgan fingerprint density at radius 1 is 1.31 bits per heavy atom. The van der Waals surface area contributed by atoms with Gasteiger partial charge < -0.3 is 4.85 Å². The van der Waals surface area contributed by atoms with Gasteiger partial charge in [0.25, 0.3) is 0 Å². The first-order valence-electron chi connectivity index (χ1n) is 4.04. The minimum absolute atomic E-state index is 0.0233. The quantitative estimate of drug-likeness (QED) is 0.584. The van der Waals surface area contributed by atoms with Crippen LogP contribution in [0.25, 0.3) is 4.85 Å². The zero-order chi connectivity index (χ0) is 9.42. The molecule has 66 valence electrons. The lowest BCUT2D eigenvalue weighted by molar-refractivity contribution is 0.507. The molecule has 1 saturated carbocycles. The zero-order valence-electron chi connectivity index (χ0n) is 6.80. The van der Waals surface area contributed by atoms with Crippen LogP contribution in [0.4, 0.5) is 8.78 Å². The van der Waals surface area contributed by atoms with Gasteiger partial charge in [-0.2, -0.15) is 0 Å². The van der Waals surface area contributed by atoms with Crippen molar-refractivity contribution in [1.82, 2.24) is 0 Å². The van der Waals surface area contributed by atoms with E-state index in [0.29, 0.717) is 0 Å². The Hall–Kier alpha value is -1.43. The van der Waals surface area contributed by atoms with Crippen LogP contribution in [0, 0.1) is 18.2 Å². The van der Waals surface area contributed by atoms with Gasteiger partial charge in [0.1, 0.15) is 0 Å². The SMILES string of the molecule is [C-]#[N+]C1CC1c1ccc(F)c(F)c1. The van der Waals surface area contributed by atoms with Gasteiger partial charge in [-0.25, -0.2) is 15.4 Å². The van der Waals surface area contributed by atoms with Gasteiger partial charge in [0.05, 0.1) is 5.92 Å². The molecule has 1 fully saturated rings. The van der Waals surface area contributed by atoms with E-state index >= 15 is 0 Å². The Balaban J connectivity index is 2.25. The molecule has 3 heteroatoms. The van der Waals surface area contributed by atoms with E-state index in [9.17, 15) is 8.78 Å². The van der Waals surface area contributed by atoms with E-state index in [2.05, 4.69) is 4.85 Å². The predicted molar refractivity (Wildman–Crippen MR) is 44.1 cm³/mol. The van der Waals surface area contributed by atoms with Gasteiger partial charge in [0.15, 0.2) is 11.6 Å². The lowest BCUT2D eigenvalue weighted by atomic mass is 10.1. The van der Waals surface area contributed by atoms with Crippen molar-refractivity contribution in [3.05, 3.63) is 46.8 Å². The summed E-state index contributed by atoms with van der Waals surface area (Å²) in [7, 11) is 0. The van der Waals surface area contributed by atoms with Crippen LogP contribution in [0.5, 0.6) is 0 Å². The smallest absolute Gasteiger partial charge is 0.231 e. The first kappa shape index (κ1) is 8.18. The maximum Gasteiger partial charge on any atom is 0.231 e. The molecule has 1 nitrogen and oxygen atoms in total. The average molecular weight is 179 g/mol. The highest BCUT2D eigenvalue weighted by Crippen LogP contribution is 2.43. The van der Waals surface area contributed by atoms with E-state index in [1.165, 1.54) is 6.07 Å². The zero-order valence-corrected chi connectivity index (χ0v) is 6.80. The summed E-state index contributed by atoms with van der Waals surface area (Å²) in [6.45, 7) is 6.75. The van der Waals surface area contributed by atoms with Crippen molar-refractivity contribution in [3.8, 4) is 0 Å². The minimum atomic E-state index is -0.830. The van der Waals surface area contributed by atoms with Gasteiger partial charge in [0.2, 0.25) is 6.04 Å². The number of benzene rings is 1. The van der Waals surface area contributed by atoms with Gasteiger partial charge >= 0.3 is 0 Å². The summed E-state index contributed by atoms with van der Waals surface area (Å²) < 4.78 is 25.3. The standard InChI is InChI=1S/C10H7F2N/c1-13-10-5-7(10)6-2-3-8(11)9(12)4-6/h2-4,7,10H,5H2. The number of hydrogen-bond donors (Lipinski definition) is 0. The van der Waals surface area contributed by atoms with Crippen LogP contribution in [-0.2, 0) is 0 Å². The number of halogens is 2. The van der Waals surface area contributed by atoms with Gasteiger partial charge in [-0.15, -0.1) is 0 Å². The summed E-state index contributed by atoms with van der Waals surface area (Å²) in [6, 6.07) is 3.83. The third kappa shape index (κ3) is 1.40. The summed E-state index contributed by atoms with van der Waals surface area (Å²) in [6.07, 6.45) is 0.772. The summed E-state index contributed by atoms with van der Waals surface area (Å²) in [4.78, 5) is 3.34. The summed E-state index contributed by atoms with van der Waals surface area (Å²) in [5.74, 6) is -1.54. The highest BCUT2D eigenvalue weighted by molar-refractivity contribution is 5.30. The first-order chi connectivity index (χ1) is 6.22. The van der Waals surface area contributed by atoms with E-state index in [0.717, 1.165) is 18.1 Å². The molecule has 0 aliphatic heterocycles. The fraction of sp³-hybridized carbons (Fsp3) is 0.300. The Morgan fingerprint density at radius 2 is 2.08 bits per heavy atom. The van der Waals surface area contributed by atoms with E-state index in [1.54, 1.807) is 6.07 Å². The maximum atomic E-state index is 12.7. The van der Waals surface area contributed by atoms with Gasteiger partial charge in [0, 0.05) is 6.42 Å². The molecular formula is C10H7F2N. The van der Waals surface area contributed by atoms with Crippen LogP contribution in [0.3, 0.4) is 0 Å². The Kier molecular flexibility index (Phi) is 1.77. The second-order valence-corrected chi connectivity index (χ2v) is 3.21. The largest absolute Gasteiger partial charge is 0.313 e. The van der Waals surface area contributed by atoms with Gasteiger partial charge in [-0.1, -0.05) is 6.07 Å². The molecule has 13 heavy (non-hydrogen) atoms. The third-order valence-electron chi connectivity index (χ3n) is 2.29. The first-order valence-corrected chi connectivity index (χ1v) is 4.04. The monoisotopic (exact) mass is 179 g/mol. The molecule has 0 saturated heterocycles. The molecule has 0 amide bonds. The van der Waals surface area contributed by atoms with Crippen LogP contribution >= 0.6 is 0 Å². The maximum absolute atomic E-state index is 12.7. The molecule has 1 aliphatic carbocycles. The van der Waals surface area contributed by atoms with Gasteiger partial charge in [-0.05, 0) is 17.7 Å². The number of rotatable bonds is 1. The van der Waals surface area contributed by atoms with Crippen molar-refractivity contribution < 1.29 is 8.78 Å². The van der Waals surface area contributed by atoms with Gasteiger partial charge in [-0.3, -0.25) is 0 Å². The Labute approximate surface area is 74.8 Å². The fourth-order valence-electron chi connectivity index (χ4n) is 1.43. The van der Waals surface area contributed by atoms with E-state index in [1.807, 2.05) is 0 Å². The van der Waals surface area contributed by atoms with E-state index in [4.69, 9.17) is 6.57 Å². The molecule has 1 aromatic carbocycles. The van der Waals surface area contributed by atoms with Crippen molar-refractivity contribution in [2.45, 2.75) is 18.4 Å². The molecule has 2 rings (SSSR count). The minimum Gasteiger partial charge on any atom is -0.313 e. The van der Waals surface area contributed by atoms with Crippen LogP contribution in [0.2, 0.25) is 0 Å². The summed E-state index contributed by atoms with van der Waals surface area (Å²) in [5.41, 5.74) is 0.736. The molecular weight excluding hydrogens is 172 g/mol. The molecule has 1 aliphatic rings. The van der Waals surface area contributed by atoms with E-state index in [-0.39, 0.29) is 12.0 Å². The Morgan fingerprint density at radius 3 is 2.62 bits per heavy atom. The lowest BCUT2D eigenvalue weighted by Gasteiger charge is -1.96. The molecule has 0 aromatic heterocycles. The molecule has 2 atom stereocenters. The average Bonchev–Trinajstić information content (AvgIpc) is 2.88. The normalized spacial score (nSPS) is 25.3. The van der Waals surface area contributed by atoms with Crippen molar-refractivity contribution in [2.75, 3.05) is 0 Å². The predicted octanol–water partition coefficient (Wildman–Crippen LogP) is 2.74. The summed E-state index contributed by atoms with van der Waals surface area (Å²) in [5, 5.41) is 0. The van der Waals surface area contributed by atoms with Crippen LogP contribution in [0.1, 0.15) is 17.9 Å². The van der Waals surface area contributed by atoms with Crippen molar-refractivity contribution >= 4 is 0 Å². The van der Waals surface area contributed by atoms with Crippen molar-refractivity contribution in [3.63, 3.8) is 0 Å². The molecule has 0 spiro atoms. The highest BCUT2D eigenvalue weighted by Gasteiger charge is 2.45. The number of hydrogen-bond acceptors (Lipinski definition) is 0. The second kappa shape index (κ2) is 2.81. The third-order valence-corrected chi connectivity index (χ3v) is 2.29. The van der Waals surface area contributed by atoms with Crippen LogP contribution < -0.4 is 0 Å². The summed E-state index contributed by atoms with van der Waals surface area (Å²) >= 11 is 0. The molecule has 0 heterocycles. The lowest BCUT2D eigenvalue weighted by Crippen LogP contribution is -1.88. The van der Waals surface area contributed by atoms with Crippen LogP contribution in [0.15, 0.2) is 18.2 Å². The Bertz CT molecular complexity index is 381. The van der Waals surface area contributed by atoms with Crippen molar-refractivity contribution in [2.24, 2.45) is 0 Å².